The third-order valence-corrected chi connectivity index (χ3v) is 4.59. The van der Waals surface area contributed by atoms with Gasteiger partial charge in [-0.25, -0.2) is 0 Å². The number of rotatable bonds is 4. The van der Waals surface area contributed by atoms with E-state index in [2.05, 4.69) is 30.4 Å². The molecule has 2 aliphatic carbocycles. The van der Waals surface area contributed by atoms with Crippen molar-refractivity contribution < 1.29 is 9.84 Å². The third kappa shape index (κ3) is 2.84. The lowest BCUT2D eigenvalue weighted by atomic mass is 9.87. The molecular weight excluding hydrogens is 250 g/mol. The standard InChI is InChI=1S/C17H25NO2/c1-2-18-15-6-3-5-12-9-10-13(11-14(12)15)20-17-8-4-7-16(17)19/h9-11,15-19H,2-8H2,1H3. The summed E-state index contributed by atoms with van der Waals surface area (Å²) < 4.78 is 6.00. The second kappa shape index (κ2) is 6.15. The minimum absolute atomic E-state index is 0.0192. The minimum Gasteiger partial charge on any atom is -0.488 e. The Hall–Kier alpha value is -1.06. The lowest BCUT2D eigenvalue weighted by Gasteiger charge is -2.27. The van der Waals surface area contributed by atoms with Crippen LogP contribution in [0.15, 0.2) is 18.2 Å². The molecule has 0 heterocycles. The molecule has 0 radical (unpaired) electrons. The van der Waals surface area contributed by atoms with Crippen molar-refractivity contribution in [2.75, 3.05) is 6.54 Å². The number of aliphatic hydroxyl groups is 1. The zero-order valence-corrected chi connectivity index (χ0v) is 12.3. The predicted octanol–water partition coefficient (Wildman–Crippen LogP) is 2.97. The molecule has 110 valence electrons. The van der Waals surface area contributed by atoms with Crippen LogP contribution in [0, 0.1) is 0 Å². The van der Waals surface area contributed by atoms with Gasteiger partial charge in [-0.1, -0.05) is 13.0 Å². The normalized spacial score (nSPS) is 29.2. The van der Waals surface area contributed by atoms with E-state index in [9.17, 15) is 5.11 Å². The molecule has 2 N–H and O–H groups in total. The molecule has 1 fully saturated rings. The summed E-state index contributed by atoms with van der Waals surface area (Å²) in [6.45, 7) is 3.15. The number of ether oxygens (including phenoxy) is 1. The predicted molar refractivity (Wildman–Crippen MR) is 80.1 cm³/mol. The maximum absolute atomic E-state index is 9.89. The van der Waals surface area contributed by atoms with E-state index in [4.69, 9.17) is 4.74 Å². The van der Waals surface area contributed by atoms with E-state index in [1.165, 1.54) is 30.4 Å². The second-order valence-electron chi connectivity index (χ2n) is 6.02. The van der Waals surface area contributed by atoms with Crippen molar-refractivity contribution in [3.8, 4) is 5.75 Å². The van der Waals surface area contributed by atoms with E-state index < -0.39 is 0 Å². The average molecular weight is 275 g/mol. The highest BCUT2D eigenvalue weighted by Crippen LogP contribution is 2.33. The van der Waals surface area contributed by atoms with Gasteiger partial charge >= 0.3 is 0 Å². The number of fused-ring (bicyclic) bond motifs is 1. The summed E-state index contributed by atoms with van der Waals surface area (Å²) >= 11 is 0. The Bertz CT molecular complexity index is 460. The first-order valence-electron chi connectivity index (χ1n) is 7.99. The van der Waals surface area contributed by atoms with E-state index in [0.717, 1.165) is 31.6 Å². The Morgan fingerprint density at radius 2 is 2.15 bits per heavy atom. The molecule has 3 heteroatoms. The molecular formula is C17H25NO2. The summed E-state index contributed by atoms with van der Waals surface area (Å²) in [7, 11) is 0. The maximum Gasteiger partial charge on any atom is 0.124 e. The van der Waals surface area contributed by atoms with Gasteiger partial charge in [0.1, 0.15) is 11.9 Å². The number of benzene rings is 1. The molecule has 2 aliphatic rings. The van der Waals surface area contributed by atoms with Gasteiger partial charge in [-0.3, -0.25) is 0 Å². The van der Waals surface area contributed by atoms with Crippen molar-refractivity contribution in [1.82, 2.24) is 5.32 Å². The summed E-state index contributed by atoms with van der Waals surface area (Å²) in [5, 5.41) is 13.5. The van der Waals surface area contributed by atoms with Gasteiger partial charge in [0.2, 0.25) is 0 Å². The van der Waals surface area contributed by atoms with E-state index in [-0.39, 0.29) is 12.2 Å². The molecule has 1 aromatic carbocycles. The van der Waals surface area contributed by atoms with Crippen LogP contribution in [0.2, 0.25) is 0 Å². The van der Waals surface area contributed by atoms with Crippen molar-refractivity contribution in [3.05, 3.63) is 29.3 Å². The van der Waals surface area contributed by atoms with Crippen LogP contribution in [-0.4, -0.2) is 23.9 Å². The summed E-state index contributed by atoms with van der Waals surface area (Å²) in [5.41, 5.74) is 2.84. The highest BCUT2D eigenvalue weighted by Gasteiger charge is 2.27. The quantitative estimate of drug-likeness (QED) is 0.887. The Labute approximate surface area is 121 Å². The van der Waals surface area contributed by atoms with Gasteiger partial charge in [0.05, 0.1) is 6.10 Å². The van der Waals surface area contributed by atoms with Crippen LogP contribution in [0.4, 0.5) is 0 Å². The van der Waals surface area contributed by atoms with Crippen LogP contribution in [-0.2, 0) is 6.42 Å². The van der Waals surface area contributed by atoms with Gasteiger partial charge in [0, 0.05) is 6.04 Å². The summed E-state index contributed by atoms with van der Waals surface area (Å²) in [5.74, 6) is 0.916. The number of aryl methyl sites for hydroxylation is 1. The Morgan fingerprint density at radius 3 is 2.90 bits per heavy atom. The van der Waals surface area contributed by atoms with Crippen LogP contribution < -0.4 is 10.1 Å². The zero-order chi connectivity index (χ0) is 13.9. The fourth-order valence-electron chi connectivity index (χ4n) is 3.53. The largest absolute Gasteiger partial charge is 0.488 e. The molecule has 3 nitrogen and oxygen atoms in total. The molecule has 0 saturated heterocycles. The lowest BCUT2D eigenvalue weighted by molar-refractivity contribution is 0.0603. The zero-order valence-electron chi connectivity index (χ0n) is 12.3. The van der Waals surface area contributed by atoms with Crippen LogP contribution in [0.25, 0.3) is 0 Å². The topological polar surface area (TPSA) is 41.5 Å². The molecule has 1 aromatic rings. The third-order valence-electron chi connectivity index (χ3n) is 4.59. The Morgan fingerprint density at radius 1 is 1.25 bits per heavy atom. The molecule has 0 aliphatic heterocycles. The fraction of sp³-hybridized carbons (Fsp3) is 0.647. The first kappa shape index (κ1) is 13.9. The van der Waals surface area contributed by atoms with Crippen LogP contribution in [0.3, 0.4) is 0 Å². The lowest BCUT2D eigenvalue weighted by Crippen LogP contribution is -2.27. The van der Waals surface area contributed by atoms with Crippen molar-refractivity contribution in [1.29, 1.82) is 0 Å². The monoisotopic (exact) mass is 275 g/mol. The van der Waals surface area contributed by atoms with Crippen LogP contribution >= 0.6 is 0 Å². The van der Waals surface area contributed by atoms with Crippen molar-refractivity contribution in [2.24, 2.45) is 0 Å². The molecule has 3 rings (SSSR count). The Kier molecular flexibility index (Phi) is 4.27. The summed E-state index contributed by atoms with van der Waals surface area (Å²) in [6, 6.07) is 6.92. The maximum atomic E-state index is 9.89. The van der Waals surface area contributed by atoms with Crippen molar-refractivity contribution >= 4 is 0 Å². The van der Waals surface area contributed by atoms with E-state index in [0.29, 0.717) is 6.04 Å². The van der Waals surface area contributed by atoms with Crippen LogP contribution in [0.1, 0.15) is 56.2 Å². The van der Waals surface area contributed by atoms with Gasteiger partial charge in [0.15, 0.2) is 0 Å². The van der Waals surface area contributed by atoms with Gasteiger partial charge in [-0.2, -0.15) is 0 Å². The number of hydrogen-bond acceptors (Lipinski definition) is 3. The number of nitrogens with one attached hydrogen (secondary N) is 1. The molecule has 3 atom stereocenters. The second-order valence-corrected chi connectivity index (χ2v) is 6.02. The van der Waals surface area contributed by atoms with E-state index in [1.807, 2.05) is 0 Å². The highest BCUT2D eigenvalue weighted by molar-refractivity contribution is 5.39. The van der Waals surface area contributed by atoms with Crippen LogP contribution in [0.5, 0.6) is 5.75 Å². The SMILES string of the molecule is CCNC1CCCc2ccc(OC3CCCC3O)cc21. The van der Waals surface area contributed by atoms with Gasteiger partial charge in [-0.15, -0.1) is 0 Å². The number of aliphatic hydroxyl groups excluding tert-OH is 1. The first-order valence-corrected chi connectivity index (χ1v) is 7.99. The number of hydrogen-bond donors (Lipinski definition) is 2. The summed E-state index contributed by atoms with van der Waals surface area (Å²) in [6.07, 6.45) is 6.22. The van der Waals surface area contributed by atoms with Crippen molar-refractivity contribution in [3.63, 3.8) is 0 Å². The van der Waals surface area contributed by atoms with E-state index in [1.54, 1.807) is 0 Å². The van der Waals surface area contributed by atoms with Gasteiger partial charge in [-0.05, 0) is 68.3 Å². The molecule has 3 unspecified atom stereocenters. The average Bonchev–Trinajstić information content (AvgIpc) is 2.85. The molecule has 1 saturated carbocycles. The summed E-state index contributed by atoms with van der Waals surface area (Å²) in [4.78, 5) is 0. The van der Waals surface area contributed by atoms with Gasteiger partial charge < -0.3 is 15.2 Å². The molecule has 0 bridgehead atoms. The fourth-order valence-corrected chi connectivity index (χ4v) is 3.53. The molecule has 20 heavy (non-hydrogen) atoms. The molecule has 0 spiro atoms. The van der Waals surface area contributed by atoms with Gasteiger partial charge in [0.25, 0.3) is 0 Å². The first-order chi connectivity index (χ1) is 9.78. The van der Waals surface area contributed by atoms with E-state index >= 15 is 0 Å². The smallest absolute Gasteiger partial charge is 0.124 e. The molecule has 0 aromatic heterocycles. The Balaban J connectivity index is 1.78. The van der Waals surface area contributed by atoms with Crippen molar-refractivity contribution in [2.45, 2.75) is 63.7 Å². The highest BCUT2D eigenvalue weighted by atomic mass is 16.5. The minimum atomic E-state index is -0.296. The molecule has 0 amide bonds.